The van der Waals surface area contributed by atoms with Crippen LogP contribution in [0.1, 0.15) is 30.1 Å². The van der Waals surface area contributed by atoms with E-state index in [0.29, 0.717) is 33.7 Å². The lowest BCUT2D eigenvalue weighted by atomic mass is 10.2. The number of nitrogens with one attached hydrogen (secondary N) is 1. The standard InChI is InChI=1S/C17H17Cl2NO2/c1-2-3-10-22-13-7-4-6-12(11-13)17(21)20-16-14(18)8-5-9-15(16)19/h4-9,11H,2-3,10H2,1H3,(H,20,21). The molecule has 2 aromatic carbocycles. The van der Waals surface area contributed by atoms with E-state index in [4.69, 9.17) is 27.9 Å². The molecule has 0 aliphatic heterocycles. The Balaban J connectivity index is 2.11. The Bertz CT molecular complexity index is 639. The maximum atomic E-state index is 12.3. The van der Waals surface area contributed by atoms with Crippen molar-refractivity contribution in [3.8, 4) is 5.75 Å². The average Bonchev–Trinajstić information content (AvgIpc) is 2.51. The third kappa shape index (κ3) is 4.39. The van der Waals surface area contributed by atoms with E-state index in [0.717, 1.165) is 12.8 Å². The molecule has 0 heterocycles. The van der Waals surface area contributed by atoms with Crippen LogP contribution >= 0.6 is 23.2 Å². The van der Waals surface area contributed by atoms with Crippen LogP contribution < -0.4 is 10.1 Å². The van der Waals surface area contributed by atoms with Gasteiger partial charge in [-0.05, 0) is 36.8 Å². The van der Waals surface area contributed by atoms with Gasteiger partial charge in [0.15, 0.2) is 0 Å². The first-order valence-electron chi connectivity index (χ1n) is 7.10. The molecule has 1 N–H and O–H groups in total. The van der Waals surface area contributed by atoms with Crippen LogP contribution in [0.5, 0.6) is 5.75 Å². The number of ether oxygens (including phenoxy) is 1. The van der Waals surface area contributed by atoms with Crippen molar-refractivity contribution in [3.63, 3.8) is 0 Å². The second-order valence-electron chi connectivity index (χ2n) is 4.78. The van der Waals surface area contributed by atoms with Gasteiger partial charge in [0.25, 0.3) is 5.91 Å². The minimum atomic E-state index is -0.282. The van der Waals surface area contributed by atoms with Gasteiger partial charge in [-0.15, -0.1) is 0 Å². The van der Waals surface area contributed by atoms with Crippen LogP contribution in [0.2, 0.25) is 10.0 Å². The van der Waals surface area contributed by atoms with Crippen molar-refractivity contribution in [2.24, 2.45) is 0 Å². The van der Waals surface area contributed by atoms with Crippen LogP contribution in [0, 0.1) is 0 Å². The van der Waals surface area contributed by atoms with Crippen molar-refractivity contribution >= 4 is 34.8 Å². The van der Waals surface area contributed by atoms with Gasteiger partial charge in [-0.25, -0.2) is 0 Å². The Morgan fingerprint density at radius 2 is 1.82 bits per heavy atom. The highest BCUT2D eigenvalue weighted by molar-refractivity contribution is 6.40. The van der Waals surface area contributed by atoms with E-state index in [1.54, 1.807) is 36.4 Å². The predicted octanol–water partition coefficient (Wildman–Crippen LogP) is 5.42. The summed E-state index contributed by atoms with van der Waals surface area (Å²) in [7, 11) is 0. The Morgan fingerprint density at radius 3 is 2.50 bits per heavy atom. The molecule has 0 aliphatic rings. The second-order valence-corrected chi connectivity index (χ2v) is 5.60. The van der Waals surface area contributed by atoms with Crippen molar-refractivity contribution in [2.75, 3.05) is 11.9 Å². The highest BCUT2D eigenvalue weighted by Crippen LogP contribution is 2.30. The maximum Gasteiger partial charge on any atom is 0.255 e. The van der Waals surface area contributed by atoms with Gasteiger partial charge < -0.3 is 10.1 Å². The second kappa shape index (κ2) is 8.06. The molecule has 3 nitrogen and oxygen atoms in total. The molecule has 0 spiro atoms. The maximum absolute atomic E-state index is 12.3. The molecule has 1 amide bonds. The fraction of sp³-hybridized carbons (Fsp3) is 0.235. The summed E-state index contributed by atoms with van der Waals surface area (Å²) in [6, 6.07) is 12.1. The van der Waals surface area contributed by atoms with Crippen LogP contribution in [0.4, 0.5) is 5.69 Å². The zero-order valence-corrected chi connectivity index (χ0v) is 13.7. The molecule has 2 rings (SSSR count). The zero-order valence-electron chi connectivity index (χ0n) is 12.2. The van der Waals surface area contributed by atoms with Crippen LogP contribution in [-0.2, 0) is 0 Å². The molecule has 0 saturated heterocycles. The summed E-state index contributed by atoms with van der Waals surface area (Å²) in [5.41, 5.74) is 0.901. The monoisotopic (exact) mass is 337 g/mol. The van der Waals surface area contributed by atoms with Crippen LogP contribution in [-0.4, -0.2) is 12.5 Å². The number of hydrogen-bond donors (Lipinski definition) is 1. The van der Waals surface area contributed by atoms with Gasteiger partial charge in [-0.2, -0.15) is 0 Å². The average molecular weight is 338 g/mol. The molecular formula is C17H17Cl2NO2. The van der Waals surface area contributed by atoms with Crippen molar-refractivity contribution < 1.29 is 9.53 Å². The molecule has 0 unspecified atom stereocenters. The molecule has 116 valence electrons. The molecule has 0 aromatic heterocycles. The quantitative estimate of drug-likeness (QED) is 0.714. The van der Waals surface area contributed by atoms with Gasteiger partial charge >= 0.3 is 0 Å². The lowest BCUT2D eigenvalue weighted by molar-refractivity contribution is 0.102. The highest BCUT2D eigenvalue weighted by atomic mass is 35.5. The van der Waals surface area contributed by atoms with E-state index in [-0.39, 0.29) is 5.91 Å². The van der Waals surface area contributed by atoms with Gasteiger partial charge in [0.2, 0.25) is 0 Å². The summed E-state index contributed by atoms with van der Waals surface area (Å²) in [4.78, 5) is 12.3. The highest BCUT2D eigenvalue weighted by Gasteiger charge is 2.12. The SMILES string of the molecule is CCCCOc1cccc(C(=O)Nc2c(Cl)cccc2Cl)c1. The minimum absolute atomic E-state index is 0.282. The first-order valence-corrected chi connectivity index (χ1v) is 7.85. The lowest BCUT2D eigenvalue weighted by Crippen LogP contribution is -2.12. The number of hydrogen-bond acceptors (Lipinski definition) is 2. The third-order valence-electron chi connectivity index (χ3n) is 3.06. The summed E-state index contributed by atoms with van der Waals surface area (Å²) >= 11 is 12.1. The molecule has 2 aromatic rings. The van der Waals surface area contributed by atoms with Gasteiger partial charge in [-0.1, -0.05) is 48.7 Å². The Morgan fingerprint density at radius 1 is 1.14 bits per heavy atom. The molecule has 0 atom stereocenters. The van der Waals surface area contributed by atoms with E-state index < -0.39 is 0 Å². The first-order chi connectivity index (χ1) is 10.6. The summed E-state index contributed by atoms with van der Waals surface area (Å²) in [6.07, 6.45) is 2.04. The summed E-state index contributed by atoms with van der Waals surface area (Å²) < 4.78 is 5.60. The molecule has 0 radical (unpaired) electrons. The number of para-hydroxylation sites is 1. The topological polar surface area (TPSA) is 38.3 Å². The molecule has 5 heteroatoms. The van der Waals surface area contributed by atoms with Crippen molar-refractivity contribution in [1.82, 2.24) is 0 Å². The fourth-order valence-electron chi connectivity index (χ4n) is 1.86. The predicted molar refractivity (Wildman–Crippen MR) is 91.3 cm³/mol. The Labute approximate surface area is 140 Å². The van der Waals surface area contributed by atoms with Gasteiger partial charge in [0, 0.05) is 5.56 Å². The van der Waals surface area contributed by atoms with Gasteiger partial charge in [0.1, 0.15) is 5.75 Å². The minimum Gasteiger partial charge on any atom is -0.494 e. The molecule has 22 heavy (non-hydrogen) atoms. The number of amides is 1. The number of rotatable bonds is 6. The summed E-state index contributed by atoms with van der Waals surface area (Å²) in [6.45, 7) is 2.73. The van der Waals surface area contributed by atoms with Crippen LogP contribution in [0.25, 0.3) is 0 Å². The van der Waals surface area contributed by atoms with Gasteiger partial charge in [0.05, 0.1) is 22.3 Å². The van der Waals surface area contributed by atoms with E-state index in [1.165, 1.54) is 0 Å². The van der Waals surface area contributed by atoms with Crippen LogP contribution in [0.15, 0.2) is 42.5 Å². The van der Waals surface area contributed by atoms with Crippen molar-refractivity contribution in [3.05, 3.63) is 58.1 Å². The van der Waals surface area contributed by atoms with E-state index in [2.05, 4.69) is 12.2 Å². The molecular weight excluding hydrogens is 321 g/mol. The van der Waals surface area contributed by atoms with Crippen LogP contribution in [0.3, 0.4) is 0 Å². The van der Waals surface area contributed by atoms with E-state index in [1.807, 2.05) is 6.07 Å². The van der Waals surface area contributed by atoms with Gasteiger partial charge in [-0.3, -0.25) is 4.79 Å². The number of unbranched alkanes of at least 4 members (excludes halogenated alkanes) is 1. The number of carbonyl (C=O) groups excluding carboxylic acids is 1. The fourth-order valence-corrected chi connectivity index (χ4v) is 2.36. The number of carbonyl (C=O) groups is 1. The summed E-state index contributed by atoms with van der Waals surface area (Å²) in [5.74, 6) is 0.391. The Hall–Kier alpha value is -1.71. The third-order valence-corrected chi connectivity index (χ3v) is 3.69. The molecule has 0 saturated carbocycles. The number of benzene rings is 2. The lowest BCUT2D eigenvalue weighted by Gasteiger charge is -2.10. The number of halogens is 2. The molecule has 0 bridgehead atoms. The first kappa shape index (κ1) is 16.7. The van der Waals surface area contributed by atoms with E-state index in [9.17, 15) is 4.79 Å². The Kier molecular flexibility index (Phi) is 6.10. The molecule has 0 fully saturated rings. The largest absolute Gasteiger partial charge is 0.494 e. The normalized spacial score (nSPS) is 10.3. The smallest absolute Gasteiger partial charge is 0.255 e. The summed E-state index contributed by atoms with van der Waals surface area (Å²) in [5, 5.41) is 3.53. The van der Waals surface area contributed by atoms with E-state index >= 15 is 0 Å². The van der Waals surface area contributed by atoms with Crippen molar-refractivity contribution in [1.29, 1.82) is 0 Å². The van der Waals surface area contributed by atoms with Crippen molar-refractivity contribution in [2.45, 2.75) is 19.8 Å². The molecule has 0 aliphatic carbocycles. The zero-order chi connectivity index (χ0) is 15.9. The number of anilines is 1.